The van der Waals surface area contributed by atoms with Crippen LogP contribution in [0.3, 0.4) is 0 Å². The molecule has 3 aromatic carbocycles. The smallest absolute Gasteiger partial charge is 0.261 e. The van der Waals surface area contributed by atoms with Gasteiger partial charge in [0.1, 0.15) is 17.5 Å². The Balaban J connectivity index is 1.95. The summed E-state index contributed by atoms with van der Waals surface area (Å²) in [5.41, 5.74) is 5.01. The molecule has 0 aliphatic heterocycles. The topological polar surface area (TPSA) is 67.9 Å². The SMILES string of the molecule is COc1cccc(CN(C(=O)COc2cc(C)cc(C)c2C)[C@H](Cc2ccccc2)C(=O)NC(C)C)c1. The lowest BCUT2D eigenvalue weighted by molar-refractivity contribution is -0.143. The van der Waals surface area contributed by atoms with Crippen molar-refractivity contribution in [2.75, 3.05) is 13.7 Å². The normalized spacial score (nSPS) is 11.6. The lowest BCUT2D eigenvalue weighted by Crippen LogP contribution is -2.52. The fraction of sp³-hybridized carbons (Fsp3) is 0.355. The maximum atomic E-state index is 13.8. The molecule has 0 aromatic heterocycles. The third-order valence-electron chi connectivity index (χ3n) is 6.30. The zero-order chi connectivity index (χ0) is 26.9. The minimum absolute atomic E-state index is 0.0614. The Labute approximate surface area is 220 Å². The molecule has 1 N–H and O–H groups in total. The molecule has 0 spiro atoms. The summed E-state index contributed by atoms with van der Waals surface area (Å²) in [5, 5.41) is 3.01. The minimum Gasteiger partial charge on any atom is -0.497 e. The second-order valence-electron chi connectivity index (χ2n) is 9.74. The van der Waals surface area contributed by atoms with Gasteiger partial charge in [0.05, 0.1) is 7.11 Å². The van der Waals surface area contributed by atoms with E-state index in [0.717, 1.165) is 27.8 Å². The van der Waals surface area contributed by atoms with E-state index in [0.29, 0.717) is 17.9 Å². The number of carbonyl (C=O) groups excluding carboxylic acids is 2. The summed E-state index contributed by atoms with van der Waals surface area (Å²) in [6.07, 6.45) is 0.387. The van der Waals surface area contributed by atoms with Gasteiger partial charge in [-0.1, -0.05) is 48.5 Å². The average Bonchev–Trinajstić information content (AvgIpc) is 2.87. The predicted molar refractivity (Wildman–Crippen MR) is 147 cm³/mol. The first-order valence-corrected chi connectivity index (χ1v) is 12.6. The molecular formula is C31H38N2O4. The number of amides is 2. The van der Waals surface area contributed by atoms with Crippen molar-refractivity contribution in [1.29, 1.82) is 0 Å². The highest BCUT2D eigenvalue weighted by atomic mass is 16.5. The summed E-state index contributed by atoms with van der Waals surface area (Å²) in [6.45, 7) is 9.91. The van der Waals surface area contributed by atoms with E-state index in [9.17, 15) is 9.59 Å². The second kappa shape index (κ2) is 12.9. The van der Waals surface area contributed by atoms with Crippen molar-refractivity contribution in [1.82, 2.24) is 10.2 Å². The number of benzene rings is 3. The number of nitrogens with zero attached hydrogens (tertiary/aromatic N) is 1. The van der Waals surface area contributed by atoms with E-state index in [4.69, 9.17) is 9.47 Å². The van der Waals surface area contributed by atoms with E-state index in [-0.39, 0.29) is 31.0 Å². The molecule has 2 amide bonds. The largest absolute Gasteiger partial charge is 0.497 e. The van der Waals surface area contributed by atoms with Crippen LogP contribution in [0.1, 0.15) is 41.7 Å². The lowest BCUT2D eigenvalue weighted by Gasteiger charge is -2.32. The Morgan fingerprint density at radius 2 is 1.62 bits per heavy atom. The van der Waals surface area contributed by atoms with Gasteiger partial charge >= 0.3 is 0 Å². The summed E-state index contributed by atoms with van der Waals surface area (Å²) in [5.74, 6) is 0.913. The third kappa shape index (κ3) is 7.84. The van der Waals surface area contributed by atoms with Crippen LogP contribution in [0.5, 0.6) is 11.5 Å². The average molecular weight is 503 g/mol. The van der Waals surface area contributed by atoms with Gasteiger partial charge in [0.25, 0.3) is 5.91 Å². The molecule has 0 bridgehead atoms. The van der Waals surface area contributed by atoms with Gasteiger partial charge in [0, 0.05) is 19.0 Å². The summed E-state index contributed by atoms with van der Waals surface area (Å²) >= 11 is 0. The van der Waals surface area contributed by atoms with Gasteiger partial charge in [-0.05, 0) is 80.6 Å². The first kappa shape index (κ1) is 27.8. The summed E-state index contributed by atoms with van der Waals surface area (Å²) in [7, 11) is 1.61. The molecule has 1 atom stereocenters. The molecule has 0 saturated carbocycles. The molecule has 0 fully saturated rings. The molecule has 6 nitrogen and oxygen atoms in total. The van der Waals surface area contributed by atoms with E-state index >= 15 is 0 Å². The monoisotopic (exact) mass is 502 g/mol. The summed E-state index contributed by atoms with van der Waals surface area (Å²) in [6, 6.07) is 20.6. The minimum atomic E-state index is -0.715. The van der Waals surface area contributed by atoms with E-state index in [1.165, 1.54) is 0 Å². The standard InChI is InChI=1S/C31H38N2O4/c1-21(2)32-31(35)28(18-25-11-8-7-9-12-25)33(19-26-13-10-14-27(17-26)36-6)30(34)20-37-29-16-22(3)15-23(4)24(29)5/h7-17,21,28H,18-20H2,1-6H3,(H,32,35)/t28-/m1/s1. The van der Waals surface area contributed by atoms with E-state index in [1.807, 2.05) is 95.3 Å². The molecule has 37 heavy (non-hydrogen) atoms. The van der Waals surface area contributed by atoms with Gasteiger partial charge in [-0.25, -0.2) is 0 Å². The maximum Gasteiger partial charge on any atom is 0.261 e. The Bertz CT molecular complexity index is 1210. The van der Waals surface area contributed by atoms with Crippen molar-refractivity contribution in [2.24, 2.45) is 0 Å². The highest BCUT2D eigenvalue weighted by Crippen LogP contribution is 2.24. The van der Waals surface area contributed by atoms with Crippen LogP contribution in [0.15, 0.2) is 66.7 Å². The molecule has 0 saturated heterocycles. The van der Waals surface area contributed by atoms with Crippen LogP contribution in [0.2, 0.25) is 0 Å². The number of ether oxygens (including phenoxy) is 2. The van der Waals surface area contributed by atoms with E-state index in [1.54, 1.807) is 12.0 Å². The molecule has 0 radical (unpaired) electrons. The van der Waals surface area contributed by atoms with Gasteiger partial charge in [-0.2, -0.15) is 0 Å². The molecule has 0 aliphatic carbocycles. The molecule has 3 rings (SSSR count). The number of hydrogen-bond acceptors (Lipinski definition) is 4. The van der Waals surface area contributed by atoms with Crippen LogP contribution < -0.4 is 14.8 Å². The fourth-order valence-corrected chi connectivity index (χ4v) is 4.28. The maximum absolute atomic E-state index is 13.8. The van der Waals surface area contributed by atoms with E-state index < -0.39 is 6.04 Å². The molecule has 6 heteroatoms. The van der Waals surface area contributed by atoms with Gasteiger partial charge in [0.2, 0.25) is 5.91 Å². The summed E-state index contributed by atoms with van der Waals surface area (Å²) in [4.78, 5) is 28.9. The Kier molecular flexibility index (Phi) is 9.72. The van der Waals surface area contributed by atoms with Crippen molar-refractivity contribution >= 4 is 11.8 Å². The highest BCUT2D eigenvalue weighted by molar-refractivity contribution is 5.88. The fourth-order valence-electron chi connectivity index (χ4n) is 4.28. The van der Waals surface area contributed by atoms with Crippen molar-refractivity contribution in [3.05, 3.63) is 94.5 Å². The van der Waals surface area contributed by atoms with Crippen molar-refractivity contribution < 1.29 is 19.1 Å². The van der Waals surface area contributed by atoms with Crippen LogP contribution in [-0.2, 0) is 22.6 Å². The summed E-state index contributed by atoms with van der Waals surface area (Å²) < 4.78 is 11.4. The van der Waals surface area contributed by atoms with E-state index in [2.05, 4.69) is 11.4 Å². The molecule has 3 aromatic rings. The number of methoxy groups -OCH3 is 1. The van der Waals surface area contributed by atoms with Gasteiger partial charge in [0.15, 0.2) is 6.61 Å². The van der Waals surface area contributed by atoms with Crippen LogP contribution in [0.25, 0.3) is 0 Å². The van der Waals surface area contributed by atoms with Crippen LogP contribution in [-0.4, -0.2) is 42.5 Å². The van der Waals surface area contributed by atoms with Gasteiger partial charge < -0.3 is 19.7 Å². The molecule has 0 heterocycles. The number of aryl methyl sites for hydroxylation is 2. The van der Waals surface area contributed by atoms with Crippen molar-refractivity contribution in [3.8, 4) is 11.5 Å². The first-order valence-electron chi connectivity index (χ1n) is 12.6. The Morgan fingerprint density at radius 3 is 2.30 bits per heavy atom. The number of hydrogen-bond donors (Lipinski definition) is 1. The van der Waals surface area contributed by atoms with Gasteiger partial charge in [-0.3, -0.25) is 9.59 Å². The number of nitrogens with one attached hydrogen (secondary N) is 1. The zero-order valence-corrected chi connectivity index (χ0v) is 22.7. The molecule has 196 valence electrons. The Hall–Kier alpha value is -3.80. The molecule has 0 aliphatic rings. The van der Waals surface area contributed by atoms with Crippen LogP contribution >= 0.6 is 0 Å². The zero-order valence-electron chi connectivity index (χ0n) is 22.7. The quantitative estimate of drug-likeness (QED) is 0.393. The van der Waals surface area contributed by atoms with Crippen molar-refractivity contribution in [2.45, 2.75) is 59.7 Å². The molecular weight excluding hydrogens is 464 g/mol. The number of rotatable bonds is 11. The Morgan fingerprint density at radius 1 is 0.919 bits per heavy atom. The highest BCUT2D eigenvalue weighted by Gasteiger charge is 2.31. The van der Waals surface area contributed by atoms with Crippen LogP contribution in [0.4, 0.5) is 0 Å². The third-order valence-corrected chi connectivity index (χ3v) is 6.30. The van der Waals surface area contributed by atoms with Gasteiger partial charge in [-0.15, -0.1) is 0 Å². The first-order chi connectivity index (χ1) is 17.7. The second-order valence-corrected chi connectivity index (χ2v) is 9.74. The molecule has 0 unspecified atom stereocenters. The van der Waals surface area contributed by atoms with Crippen molar-refractivity contribution in [3.63, 3.8) is 0 Å². The predicted octanol–water partition coefficient (Wildman–Crippen LogP) is 5.16. The lowest BCUT2D eigenvalue weighted by atomic mass is 10.0. The van der Waals surface area contributed by atoms with Crippen LogP contribution in [0, 0.1) is 20.8 Å². The number of carbonyl (C=O) groups is 2.